The molecule has 0 fully saturated rings. The molecule has 0 spiro atoms. The van der Waals surface area contributed by atoms with Crippen LogP contribution in [0.1, 0.15) is 21.5 Å². The molecule has 0 saturated heterocycles. The van der Waals surface area contributed by atoms with Gasteiger partial charge in [0, 0.05) is 11.1 Å². The standard InChI is InChI=1S/C17H14F5NO4S/c1-9-3-5-10(6-4-9)11-7-13(16(18,19)17(20,21)22)12(15(24)27-2)8-14(11)28(23,25)26/h3-8H,1-2H3,(H2,23,25,26). The van der Waals surface area contributed by atoms with Gasteiger partial charge in [0.25, 0.3) is 0 Å². The van der Waals surface area contributed by atoms with E-state index < -0.39 is 49.7 Å². The van der Waals surface area contributed by atoms with Crippen molar-refractivity contribution in [3.05, 3.63) is 53.1 Å². The van der Waals surface area contributed by atoms with Crippen molar-refractivity contribution in [2.45, 2.75) is 23.9 Å². The lowest BCUT2D eigenvalue weighted by molar-refractivity contribution is -0.289. The summed E-state index contributed by atoms with van der Waals surface area (Å²) in [6, 6.07) is 6.31. The summed E-state index contributed by atoms with van der Waals surface area (Å²) in [5.74, 6) is -7.02. The topological polar surface area (TPSA) is 86.5 Å². The van der Waals surface area contributed by atoms with Gasteiger partial charge in [0.1, 0.15) is 0 Å². The van der Waals surface area contributed by atoms with E-state index in [4.69, 9.17) is 5.14 Å². The van der Waals surface area contributed by atoms with E-state index >= 15 is 0 Å². The maximum atomic E-state index is 14.1. The zero-order valence-electron chi connectivity index (χ0n) is 14.5. The van der Waals surface area contributed by atoms with Gasteiger partial charge < -0.3 is 4.74 Å². The second kappa shape index (κ2) is 7.13. The maximum absolute atomic E-state index is 14.1. The molecule has 2 aromatic rings. The van der Waals surface area contributed by atoms with E-state index in [9.17, 15) is 35.2 Å². The average Bonchev–Trinajstić information content (AvgIpc) is 2.58. The minimum absolute atomic E-state index is 0.0188. The van der Waals surface area contributed by atoms with Gasteiger partial charge in [-0.2, -0.15) is 22.0 Å². The molecule has 5 nitrogen and oxygen atoms in total. The molecule has 0 aromatic heterocycles. The zero-order chi connectivity index (χ0) is 21.5. The highest BCUT2D eigenvalue weighted by Gasteiger charge is 2.60. The molecule has 0 saturated carbocycles. The number of carbonyl (C=O) groups excluding carboxylic acids is 1. The van der Waals surface area contributed by atoms with Crippen LogP contribution < -0.4 is 5.14 Å². The summed E-state index contributed by atoms with van der Waals surface area (Å²) in [7, 11) is -3.84. The summed E-state index contributed by atoms with van der Waals surface area (Å²) in [5.41, 5.74) is -2.76. The van der Waals surface area contributed by atoms with Crippen LogP contribution >= 0.6 is 0 Å². The van der Waals surface area contributed by atoms with E-state index in [0.29, 0.717) is 12.1 Å². The number of ether oxygens (including phenoxy) is 1. The Morgan fingerprint density at radius 2 is 1.57 bits per heavy atom. The molecule has 0 bridgehead atoms. The van der Waals surface area contributed by atoms with Gasteiger partial charge in [0.05, 0.1) is 17.6 Å². The molecule has 0 radical (unpaired) electrons. The van der Waals surface area contributed by atoms with Crippen molar-refractivity contribution in [2.24, 2.45) is 5.14 Å². The molecule has 0 amide bonds. The number of sulfonamides is 1. The third kappa shape index (κ3) is 3.99. The maximum Gasteiger partial charge on any atom is 0.458 e. The largest absolute Gasteiger partial charge is 0.465 e. The van der Waals surface area contributed by atoms with Crippen molar-refractivity contribution in [1.82, 2.24) is 0 Å². The van der Waals surface area contributed by atoms with E-state index in [1.807, 2.05) is 0 Å². The molecule has 11 heteroatoms. The highest BCUT2D eigenvalue weighted by molar-refractivity contribution is 7.89. The minimum Gasteiger partial charge on any atom is -0.465 e. The van der Waals surface area contributed by atoms with Crippen molar-refractivity contribution in [3.63, 3.8) is 0 Å². The quantitative estimate of drug-likeness (QED) is 0.600. The molecule has 152 valence electrons. The number of alkyl halides is 5. The third-order valence-corrected chi connectivity index (χ3v) is 4.84. The Bertz CT molecular complexity index is 1020. The van der Waals surface area contributed by atoms with Crippen molar-refractivity contribution < 1.29 is 39.9 Å². The number of methoxy groups -OCH3 is 1. The molecule has 0 atom stereocenters. The molecule has 0 aliphatic heterocycles. The van der Waals surface area contributed by atoms with E-state index in [-0.39, 0.29) is 5.56 Å². The summed E-state index contributed by atoms with van der Waals surface area (Å²) in [5, 5.41) is 5.09. The fourth-order valence-electron chi connectivity index (χ4n) is 2.47. The first-order chi connectivity index (χ1) is 12.7. The molecule has 28 heavy (non-hydrogen) atoms. The lowest BCUT2D eigenvalue weighted by Gasteiger charge is -2.23. The van der Waals surface area contributed by atoms with Crippen LogP contribution in [0.2, 0.25) is 0 Å². The van der Waals surface area contributed by atoms with Crippen LogP contribution in [0.3, 0.4) is 0 Å². The first-order valence-corrected chi connectivity index (χ1v) is 9.06. The Labute approximate surface area is 157 Å². The van der Waals surface area contributed by atoms with Crippen LogP contribution in [0.4, 0.5) is 22.0 Å². The molecule has 0 aliphatic rings. The van der Waals surface area contributed by atoms with Gasteiger partial charge in [-0.25, -0.2) is 18.4 Å². The number of primary sulfonamides is 1. The van der Waals surface area contributed by atoms with Crippen LogP contribution in [-0.2, 0) is 20.7 Å². The zero-order valence-corrected chi connectivity index (χ0v) is 15.3. The first kappa shape index (κ1) is 21.8. The predicted molar refractivity (Wildman–Crippen MR) is 89.3 cm³/mol. The summed E-state index contributed by atoms with van der Waals surface area (Å²) in [6.45, 7) is 1.69. The van der Waals surface area contributed by atoms with Crippen molar-refractivity contribution in [2.75, 3.05) is 7.11 Å². The number of hydrogen-bond donors (Lipinski definition) is 1. The highest BCUT2D eigenvalue weighted by Crippen LogP contribution is 2.47. The van der Waals surface area contributed by atoms with Crippen molar-refractivity contribution >= 4 is 16.0 Å². The third-order valence-electron chi connectivity index (χ3n) is 3.89. The minimum atomic E-state index is -6.04. The van der Waals surface area contributed by atoms with E-state index in [2.05, 4.69) is 4.74 Å². The fourth-order valence-corrected chi connectivity index (χ4v) is 3.23. The summed E-state index contributed by atoms with van der Waals surface area (Å²) in [6.07, 6.45) is -6.04. The normalized spacial score (nSPS) is 12.7. The number of carbonyl (C=O) groups is 1. The van der Waals surface area contributed by atoms with Gasteiger partial charge in [0.2, 0.25) is 10.0 Å². The second-order valence-corrected chi connectivity index (χ2v) is 7.40. The van der Waals surface area contributed by atoms with Crippen molar-refractivity contribution in [1.29, 1.82) is 0 Å². The molecule has 2 N–H and O–H groups in total. The van der Waals surface area contributed by atoms with Gasteiger partial charge in [-0.15, -0.1) is 0 Å². The molecule has 0 aliphatic carbocycles. The number of halogens is 5. The Morgan fingerprint density at radius 1 is 1.04 bits per heavy atom. The fraction of sp³-hybridized carbons (Fsp3) is 0.235. The van der Waals surface area contributed by atoms with E-state index in [1.165, 1.54) is 24.3 Å². The van der Waals surface area contributed by atoms with Gasteiger partial charge >= 0.3 is 18.1 Å². The first-order valence-electron chi connectivity index (χ1n) is 7.51. The Kier molecular flexibility index (Phi) is 5.55. The summed E-state index contributed by atoms with van der Waals surface area (Å²) >= 11 is 0. The van der Waals surface area contributed by atoms with Gasteiger partial charge in [-0.1, -0.05) is 29.8 Å². The summed E-state index contributed by atoms with van der Waals surface area (Å²) < 4.78 is 95.1. The molecular formula is C17H14F5NO4S. The Hall–Kier alpha value is -2.53. The van der Waals surface area contributed by atoms with Crippen LogP contribution in [-0.4, -0.2) is 27.7 Å². The van der Waals surface area contributed by atoms with E-state index in [0.717, 1.165) is 12.7 Å². The van der Waals surface area contributed by atoms with E-state index in [1.54, 1.807) is 6.92 Å². The van der Waals surface area contributed by atoms with Crippen LogP contribution in [0, 0.1) is 6.92 Å². The lowest BCUT2D eigenvalue weighted by atomic mass is 9.94. The SMILES string of the molecule is COC(=O)c1cc(S(N)(=O)=O)c(-c2ccc(C)cc2)cc1C(F)(F)C(F)(F)F. The molecular weight excluding hydrogens is 409 g/mol. The number of hydrogen-bond acceptors (Lipinski definition) is 4. The van der Waals surface area contributed by atoms with Gasteiger partial charge in [-0.3, -0.25) is 0 Å². The van der Waals surface area contributed by atoms with Crippen LogP contribution in [0.25, 0.3) is 11.1 Å². The average molecular weight is 423 g/mol. The van der Waals surface area contributed by atoms with Crippen LogP contribution in [0.5, 0.6) is 0 Å². The second-order valence-electron chi connectivity index (χ2n) is 5.87. The predicted octanol–water partition coefficient (Wildman–Crippen LogP) is 3.75. The number of rotatable bonds is 4. The number of esters is 1. The molecule has 2 aromatic carbocycles. The summed E-state index contributed by atoms with van der Waals surface area (Å²) in [4.78, 5) is 11.0. The number of aryl methyl sites for hydroxylation is 1. The smallest absolute Gasteiger partial charge is 0.458 e. The number of benzene rings is 2. The van der Waals surface area contributed by atoms with Gasteiger partial charge in [-0.05, 0) is 24.6 Å². The molecule has 0 heterocycles. The molecule has 2 rings (SSSR count). The Balaban J connectivity index is 2.98. The Morgan fingerprint density at radius 3 is 2.00 bits per heavy atom. The van der Waals surface area contributed by atoms with Gasteiger partial charge in [0.15, 0.2) is 0 Å². The monoisotopic (exact) mass is 423 g/mol. The molecule has 0 unspecified atom stereocenters. The number of nitrogens with two attached hydrogens (primary N) is 1. The lowest BCUT2D eigenvalue weighted by Crippen LogP contribution is -2.35. The van der Waals surface area contributed by atoms with Crippen molar-refractivity contribution in [3.8, 4) is 11.1 Å². The highest BCUT2D eigenvalue weighted by atomic mass is 32.2. The van der Waals surface area contributed by atoms with Crippen LogP contribution in [0.15, 0.2) is 41.3 Å².